The van der Waals surface area contributed by atoms with Crippen molar-refractivity contribution >= 4 is 37.3 Å². The zero-order valence-corrected chi connectivity index (χ0v) is 20.6. The van der Waals surface area contributed by atoms with Crippen LogP contribution in [0.1, 0.15) is 24.6 Å². The molecule has 2 N–H and O–H groups in total. The number of halogens is 2. The number of aromatic nitrogens is 1. The molecule has 0 amide bonds. The van der Waals surface area contributed by atoms with Crippen molar-refractivity contribution in [2.45, 2.75) is 30.1 Å². The summed E-state index contributed by atoms with van der Waals surface area (Å²) in [5.74, 6) is -1.38. The summed E-state index contributed by atoms with van der Waals surface area (Å²) in [5, 5.41) is 10.8. The molecule has 1 atom stereocenters. The molecule has 1 aliphatic rings. The van der Waals surface area contributed by atoms with E-state index in [1.165, 1.54) is 23.5 Å². The van der Waals surface area contributed by atoms with E-state index in [0.29, 0.717) is 42.7 Å². The fourth-order valence-electron chi connectivity index (χ4n) is 4.21. The molecule has 1 saturated heterocycles. The first kappa shape index (κ1) is 24.6. The molecule has 0 aliphatic carbocycles. The maximum atomic E-state index is 13.9. The minimum atomic E-state index is -3.84. The van der Waals surface area contributed by atoms with Gasteiger partial charge in [0.1, 0.15) is 28.6 Å². The Labute approximate surface area is 211 Å². The second kappa shape index (κ2) is 10.1. The molecule has 1 aliphatic heterocycles. The van der Waals surface area contributed by atoms with Gasteiger partial charge in [-0.15, -0.1) is 11.3 Å². The molecule has 0 bridgehead atoms. The Morgan fingerprint density at radius 2 is 1.83 bits per heavy atom. The number of nitrogens with zero attached hydrogens (tertiary/aromatic N) is 2. The molecule has 188 valence electrons. The molecule has 5 rings (SSSR count). The highest BCUT2D eigenvalue weighted by Crippen LogP contribution is 2.29. The van der Waals surface area contributed by atoms with Gasteiger partial charge in [0, 0.05) is 24.8 Å². The van der Waals surface area contributed by atoms with Crippen LogP contribution in [0.25, 0.3) is 10.2 Å². The number of likely N-dealkylation sites (tertiary alicyclic amines) is 1. The third-order valence-corrected chi connectivity index (χ3v) is 8.29. The van der Waals surface area contributed by atoms with Crippen molar-refractivity contribution in [3.05, 3.63) is 83.4 Å². The van der Waals surface area contributed by atoms with Gasteiger partial charge >= 0.3 is 0 Å². The van der Waals surface area contributed by atoms with Crippen LogP contribution in [0.5, 0.6) is 5.75 Å². The minimum absolute atomic E-state index is 0.0134. The zero-order chi connectivity index (χ0) is 25.3. The average molecular weight is 532 g/mol. The topological polar surface area (TPSA) is 91.8 Å². The van der Waals surface area contributed by atoms with Crippen LogP contribution in [0.4, 0.5) is 14.5 Å². The van der Waals surface area contributed by atoms with Crippen molar-refractivity contribution in [3.63, 3.8) is 0 Å². The quantitative estimate of drug-likeness (QED) is 0.352. The summed E-state index contributed by atoms with van der Waals surface area (Å²) in [6.45, 7) is 1.03. The van der Waals surface area contributed by atoms with Gasteiger partial charge in [0.2, 0.25) is 0 Å². The molecule has 11 heteroatoms. The fourth-order valence-corrected chi connectivity index (χ4v) is 6.21. The Bertz CT molecular complexity index is 1470. The van der Waals surface area contributed by atoms with Gasteiger partial charge in [0.05, 0.1) is 10.2 Å². The molecule has 1 unspecified atom stereocenters. The number of fused-ring (bicyclic) bond motifs is 1. The fraction of sp³-hybridized carbons (Fsp3) is 0.240. The van der Waals surface area contributed by atoms with Gasteiger partial charge in [0.25, 0.3) is 10.0 Å². The van der Waals surface area contributed by atoms with Gasteiger partial charge in [-0.1, -0.05) is 18.2 Å². The second-order valence-electron chi connectivity index (χ2n) is 8.48. The standard InChI is InChI=1S/C25H23F2N3O4S2/c26-17-6-9-21(20(27)14-17)34-19-10-12-30(13-11-19)25(31)16-4-7-18(8-5-16)29-36(32,33)23-3-1-2-22-24(23)28-15-35-22/h1-9,14-15,19,25,29,31H,10-13H2. The number of rotatable bonds is 7. The van der Waals surface area contributed by atoms with Crippen LogP contribution >= 0.6 is 11.3 Å². The maximum Gasteiger partial charge on any atom is 0.264 e. The van der Waals surface area contributed by atoms with Crippen LogP contribution in [0.15, 0.2) is 71.1 Å². The molecular weight excluding hydrogens is 508 g/mol. The average Bonchev–Trinajstić information content (AvgIpc) is 3.35. The number of anilines is 1. The van der Waals surface area contributed by atoms with E-state index in [-0.39, 0.29) is 16.7 Å². The molecule has 2 heterocycles. The first-order valence-electron chi connectivity index (χ1n) is 11.3. The van der Waals surface area contributed by atoms with Gasteiger partial charge in [0.15, 0.2) is 11.6 Å². The summed E-state index contributed by atoms with van der Waals surface area (Å²) in [6.07, 6.45) is -0.00253. The lowest BCUT2D eigenvalue weighted by atomic mass is 10.1. The van der Waals surface area contributed by atoms with Crippen LogP contribution in [-0.2, 0) is 10.0 Å². The van der Waals surface area contributed by atoms with Gasteiger partial charge in [-0.3, -0.25) is 9.62 Å². The van der Waals surface area contributed by atoms with E-state index < -0.39 is 27.9 Å². The molecule has 0 spiro atoms. The first-order chi connectivity index (χ1) is 17.3. The van der Waals surface area contributed by atoms with Gasteiger partial charge in [-0.05, 0) is 54.8 Å². The number of sulfonamides is 1. The first-order valence-corrected chi connectivity index (χ1v) is 13.7. The van der Waals surface area contributed by atoms with Crippen molar-refractivity contribution in [3.8, 4) is 5.75 Å². The van der Waals surface area contributed by atoms with Crippen molar-refractivity contribution < 1.29 is 27.0 Å². The SMILES string of the molecule is O=S(=O)(Nc1ccc(C(O)N2CCC(Oc3ccc(F)cc3F)CC2)cc1)c1cccc2scnc12. The highest BCUT2D eigenvalue weighted by atomic mass is 32.2. The molecule has 3 aromatic carbocycles. The number of nitrogens with one attached hydrogen (secondary N) is 1. The lowest BCUT2D eigenvalue weighted by Crippen LogP contribution is -2.40. The third-order valence-electron chi connectivity index (χ3n) is 6.08. The highest BCUT2D eigenvalue weighted by molar-refractivity contribution is 7.93. The van der Waals surface area contributed by atoms with E-state index in [2.05, 4.69) is 9.71 Å². The molecule has 7 nitrogen and oxygen atoms in total. The number of hydrogen-bond donors (Lipinski definition) is 2. The summed E-state index contributed by atoms with van der Waals surface area (Å²) in [5.41, 5.74) is 3.02. The molecule has 36 heavy (non-hydrogen) atoms. The smallest absolute Gasteiger partial charge is 0.264 e. The monoisotopic (exact) mass is 531 g/mol. The van der Waals surface area contributed by atoms with E-state index in [4.69, 9.17) is 4.74 Å². The van der Waals surface area contributed by atoms with Crippen LogP contribution in [0.3, 0.4) is 0 Å². The molecule has 0 saturated carbocycles. The van der Waals surface area contributed by atoms with E-state index >= 15 is 0 Å². The Balaban J connectivity index is 1.20. The Morgan fingerprint density at radius 1 is 1.08 bits per heavy atom. The van der Waals surface area contributed by atoms with E-state index in [1.807, 2.05) is 11.0 Å². The summed E-state index contributed by atoms with van der Waals surface area (Å²) < 4.78 is 61.8. The lowest BCUT2D eigenvalue weighted by molar-refractivity contribution is -0.0306. The highest BCUT2D eigenvalue weighted by Gasteiger charge is 2.27. The number of benzene rings is 3. The lowest BCUT2D eigenvalue weighted by Gasteiger charge is -2.35. The molecule has 1 fully saturated rings. The van der Waals surface area contributed by atoms with E-state index in [9.17, 15) is 22.3 Å². The molecule has 4 aromatic rings. The molecule has 0 radical (unpaired) electrons. The van der Waals surface area contributed by atoms with Crippen molar-refractivity contribution in [1.29, 1.82) is 0 Å². The summed E-state index contributed by atoms with van der Waals surface area (Å²) in [4.78, 5) is 6.14. The number of ether oxygens (including phenoxy) is 1. The predicted octanol–water partition coefficient (Wildman–Crippen LogP) is 4.91. The van der Waals surface area contributed by atoms with Gasteiger partial charge < -0.3 is 9.84 Å². The molecular formula is C25H23F2N3O4S2. The second-order valence-corrected chi connectivity index (χ2v) is 11.0. The Hall–Kier alpha value is -3.12. The van der Waals surface area contributed by atoms with Crippen molar-refractivity contribution in [2.24, 2.45) is 0 Å². The van der Waals surface area contributed by atoms with Crippen LogP contribution in [-0.4, -0.2) is 42.6 Å². The van der Waals surface area contributed by atoms with E-state index in [0.717, 1.165) is 16.8 Å². The Morgan fingerprint density at radius 3 is 2.56 bits per heavy atom. The van der Waals surface area contributed by atoms with Crippen molar-refractivity contribution in [2.75, 3.05) is 17.8 Å². The minimum Gasteiger partial charge on any atom is -0.487 e. The number of aliphatic hydroxyl groups is 1. The van der Waals surface area contributed by atoms with E-state index in [1.54, 1.807) is 35.8 Å². The largest absolute Gasteiger partial charge is 0.487 e. The van der Waals surface area contributed by atoms with Crippen LogP contribution in [0, 0.1) is 11.6 Å². The number of piperidine rings is 1. The number of thiazole rings is 1. The van der Waals surface area contributed by atoms with Gasteiger partial charge in [-0.25, -0.2) is 22.2 Å². The normalized spacial score (nSPS) is 16.2. The summed E-state index contributed by atoms with van der Waals surface area (Å²) >= 11 is 1.37. The summed E-state index contributed by atoms with van der Waals surface area (Å²) in [6, 6.07) is 14.8. The zero-order valence-electron chi connectivity index (χ0n) is 19.0. The van der Waals surface area contributed by atoms with Crippen LogP contribution in [0.2, 0.25) is 0 Å². The van der Waals surface area contributed by atoms with Crippen molar-refractivity contribution in [1.82, 2.24) is 9.88 Å². The predicted molar refractivity (Wildman–Crippen MR) is 133 cm³/mol. The Kier molecular flexibility index (Phi) is 6.89. The van der Waals surface area contributed by atoms with Gasteiger partial charge in [-0.2, -0.15) is 0 Å². The van der Waals surface area contributed by atoms with Crippen LogP contribution < -0.4 is 9.46 Å². The maximum absolute atomic E-state index is 13.9. The summed E-state index contributed by atoms with van der Waals surface area (Å²) in [7, 11) is -3.84. The number of para-hydroxylation sites is 1. The number of hydrogen-bond acceptors (Lipinski definition) is 7. The number of aliphatic hydroxyl groups excluding tert-OH is 1. The molecule has 1 aromatic heterocycles. The third kappa shape index (κ3) is 5.19.